The fourth-order valence-electron chi connectivity index (χ4n) is 2.14. The molecule has 0 saturated carbocycles. The van der Waals surface area contributed by atoms with Gasteiger partial charge in [-0.25, -0.2) is 8.42 Å². The Morgan fingerprint density at radius 1 is 1.30 bits per heavy atom. The van der Waals surface area contributed by atoms with Crippen molar-refractivity contribution in [3.63, 3.8) is 0 Å². The Morgan fingerprint density at radius 2 is 2.00 bits per heavy atom. The van der Waals surface area contributed by atoms with Crippen molar-refractivity contribution in [2.45, 2.75) is 26.3 Å². The maximum atomic E-state index is 11.4. The average Bonchev–Trinajstić information content (AvgIpc) is 2.69. The van der Waals surface area contributed by atoms with Gasteiger partial charge in [0.2, 0.25) is 17.2 Å². The predicted octanol–water partition coefficient (Wildman–Crippen LogP) is 0.970. The van der Waals surface area contributed by atoms with Gasteiger partial charge >= 0.3 is 0 Å². The second kappa shape index (κ2) is 6.09. The lowest BCUT2D eigenvalue weighted by atomic mass is 10.3. The smallest absolute Gasteiger partial charge is 0.231 e. The SMILES string of the molecule is CCN(CC)c1nc(Cl)nc(NC2CCS(=O)(=O)C2)n1. The van der Waals surface area contributed by atoms with Gasteiger partial charge in [-0.15, -0.1) is 0 Å². The Kier molecular flexibility index (Phi) is 4.64. The van der Waals surface area contributed by atoms with Crippen LogP contribution in [0.3, 0.4) is 0 Å². The fourth-order valence-corrected chi connectivity index (χ4v) is 3.97. The molecule has 1 aromatic heterocycles. The van der Waals surface area contributed by atoms with Crippen LogP contribution in [0.25, 0.3) is 0 Å². The zero-order valence-corrected chi connectivity index (χ0v) is 13.1. The second-order valence-corrected chi connectivity index (χ2v) is 7.21. The Morgan fingerprint density at radius 3 is 2.55 bits per heavy atom. The molecule has 1 aliphatic heterocycles. The van der Waals surface area contributed by atoms with Crippen molar-refractivity contribution < 1.29 is 8.42 Å². The molecule has 1 atom stereocenters. The topological polar surface area (TPSA) is 88.1 Å². The van der Waals surface area contributed by atoms with Crippen LogP contribution in [0.15, 0.2) is 0 Å². The van der Waals surface area contributed by atoms with Crippen LogP contribution in [-0.4, -0.2) is 54.0 Å². The van der Waals surface area contributed by atoms with Crippen molar-refractivity contribution in [2.24, 2.45) is 0 Å². The number of aromatic nitrogens is 3. The van der Waals surface area contributed by atoms with E-state index in [4.69, 9.17) is 11.6 Å². The largest absolute Gasteiger partial charge is 0.350 e. The van der Waals surface area contributed by atoms with E-state index >= 15 is 0 Å². The van der Waals surface area contributed by atoms with Gasteiger partial charge in [-0.3, -0.25) is 0 Å². The molecule has 1 aromatic rings. The summed E-state index contributed by atoms with van der Waals surface area (Å²) in [5, 5.41) is 3.13. The normalized spacial score (nSPS) is 20.9. The number of anilines is 2. The Hall–Kier alpha value is -1.15. The van der Waals surface area contributed by atoms with Gasteiger partial charge in [-0.2, -0.15) is 15.0 Å². The number of sulfone groups is 1. The molecule has 1 fully saturated rings. The molecule has 1 N–H and O–H groups in total. The van der Waals surface area contributed by atoms with E-state index in [0.29, 0.717) is 18.3 Å². The molecule has 0 aliphatic carbocycles. The molecule has 9 heteroatoms. The van der Waals surface area contributed by atoms with Crippen LogP contribution in [0.5, 0.6) is 0 Å². The molecular formula is C11H18ClN5O2S. The summed E-state index contributed by atoms with van der Waals surface area (Å²) in [6.45, 7) is 5.51. The van der Waals surface area contributed by atoms with Gasteiger partial charge in [0.15, 0.2) is 9.84 Å². The monoisotopic (exact) mass is 319 g/mol. The minimum absolute atomic E-state index is 0.102. The molecule has 0 amide bonds. The van der Waals surface area contributed by atoms with E-state index in [1.165, 1.54) is 0 Å². The van der Waals surface area contributed by atoms with Gasteiger partial charge in [-0.1, -0.05) is 0 Å². The van der Waals surface area contributed by atoms with Crippen LogP contribution in [-0.2, 0) is 9.84 Å². The quantitative estimate of drug-likeness (QED) is 0.865. The first-order chi connectivity index (χ1) is 9.43. The number of nitrogens with one attached hydrogen (secondary N) is 1. The molecule has 0 radical (unpaired) electrons. The molecule has 1 aliphatic rings. The van der Waals surface area contributed by atoms with E-state index in [1.807, 2.05) is 18.7 Å². The van der Waals surface area contributed by atoms with E-state index in [-0.39, 0.29) is 22.8 Å². The molecule has 7 nitrogen and oxygen atoms in total. The maximum Gasteiger partial charge on any atom is 0.231 e. The lowest BCUT2D eigenvalue weighted by molar-refractivity contribution is 0.602. The first-order valence-electron chi connectivity index (χ1n) is 6.57. The fraction of sp³-hybridized carbons (Fsp3) is 0.727. The third-order valence-corrected chi connectivity index (χ3v) is 5.15. The summed E-state index contributed by atoms with van der Waals surface area (Å²) in [6.07, 6.45) is 0.562. The van der Waals surface area contributed by atoms with E-state index in [0.717, 1.165) is 13.1 Å². The minimum Gasteiger partial charge on any atom is -0.350 e. The molecule has 0 bridgehead atoms. The lowest BCUT2D eigenvalue weighted by Gasteiger charge is -2.19. The predicted molar refractivity (Wildman–Crippen MR) is 79.1 cm³/mol. The zero-order valence-electron chi connectivity index (χ0n) is 11.5. The second-order valence-electron chi connectivity index (χ2n) is 4.64. The van der Waals surface area contributed by atoms with Crippen LogP contribution in [0.4, 0.5) is 11.9 Å². The summed E-state index contributed by atoms with van der Waals surface area (Å²) in [4.78, 5) is 14.3. The summed E-state index contributed by atoms with van der Waals surface area (Å²) in [5.41, 5.74) is 0. The van der Waals surface area contributed by atoms with Crippen molar-refractivity contribution >= 4 is 33.3 Å². The van der Waals surface area contributed by atoms with Crippen LogP contribution in [0, 0.1) is 0 Å². The summed E-state index contributed by atoms with van der Waals surface area (Å²) >= 11 is 5.90. The summed E-state index contributed by atoms with van der Waals surface area (Å²) in [5.74, 6) is 1.14. The third-order valence-electron chi connectivity index (χ3n) is 3.21. The molecule has 20 heavy (non-hydrogen) atoms. The standard InChI is InChI=1S/C11H18ClN5O2S/c1-3-17(4-2)11-15-9(12)14-10(16-11)13-8-5-6-20(18,19)7-8/h8H,3-7H2,1-2H3,(H,13,14,15,16). The van der Waals surface area contributed by atoms with E-state index in [1.54, 1.807) is 0 Å². The molecule has 1 saturated heterocycles. The number of nitrogens with zero attached hydrogens (tertiary/aromatic N) is 4. The van der Waals surface area contributed by atoms with Gasteiger partial charge in [0, 0.05) is 19.1 Å². The Labute approximate surface area is 123 Å². The highest BCUT2D eigenvalue weighted by Gasteiger charge is 2.28. The molecule has 2 rings (SSSR count). The highest BCUT2D eigenvalue weighted by Crippen LogP contribution is 2.18. The first kappa shape index (κ1) is 15.2. The first-order valence-corrected chi connectivity index (χ1v) is 8.77. The minimum atomic E-state index is -2.94. The number of hydrogen-bond donors (Lipinski definition) is 1. The molecule has 0 aromatic carbocycles. The average molecular weight is 320 g/mol. The van der Waals surface area contributed by atoms with Gasteiger partial charge in [0.05, 0.1) is 11.5 Å². The lowest BCUT2D eigenvalue weighted by Crippen LogP contribution is -2.26. The van der Waals surface area contributed by atoms with Crippen molar-refractivity contribution in [3.8, 4) is 0 Å². The molecular weight excluding hydrogens is 302 g/mol. The number of halogens is 1. The van der Waals surface area contributed by atoms with Gasteiger partial charge in [-0.05, 0) is 31.9 Å². The van der Waals surface area contributed by atoms with Crippen molar-refractivity contribution in [1.29, 1.82) is 0 Å². The van der Waals surface area contributed by atoms with Crippen LogP contribution in [0.1, 0.15) is 20.3 Å². The maximum absolute atomic E-state index is 11.4. The zero-order chi connectivity index (χ0) is 14.8. The Balaban J connectivity index is 2.16. The Bertz CT molecular complexity index is 576. The van der Waals surface area contributed by atoms with Gasteiger partial charge in [0.1, 0.15) is 0 Å². The van der Waals surface area contributed by atoms with E-state index in [9.17, 15) is 8.42 Å². The van der Waals surface area contributed by atoms with Gasteiger partial charge < -0.3 is 10.2 Å². The summed E-state index contributed by atoms with van der Waals surface area (Å²) in [6, 6.07) is -0.164. The molecule has 2 heterocycles. The highest BCUT2D eigenvalue weighted by atomic mass is 35.5. The summed E-state index contributed by atoms with van der Waals surface area (Å²) < 4.78 is 22.9. The van der Waals surface area contributed by atoms with E-state index < -0.39 is 9.84 Å². The van der Waals surface area contributed by atoms with Crippen LogP contribution >= 0.6 is 11.6 Å². The number of rotatable bonds is 5. The third kappa shape index (κ3) is 3.69. The summed E-state index contributed by atoms with van der Waals surface area (Å²) in [7, 11) is -2.94. The molecule has 1 unspecified atom stereocenters. The van der Waals surface area contributed by atoms with Crippen LogP contribution < -0.4 is 10.2 Å². The number of hydrogen-bond acceptors (Lipinski definition) is 7. The molecule has 112 valence electrons. The highest BCUT2D eigenvalue weighted by molar-refractivity contribution is 7.91. The van der Waals surface area contributed by atoms with Crippen molar-refractivity contribution in [1.82, 2.24) is 15.0 Å². The van der Waals surface area contributed by atoms with Gasteiger partial charge in [0.25, 0.3) is 0 Å². The molecule has 0 spiro atoms. The van der Waals surface area contributed by atoms with Crippen molar-refractivity contribution in [3.05, 3.63) is 5.28 Å². The van der Waals surface area contributed by atoms with Crippen molar-refractivity contribution in [2.75, 3.05) is 34.8 Å². The van der Waals surface area contributed by atoms with Crippen LogP contribution in [0.2, 0.25) is 5.28 Å². The van der Waals surface area contributed by atoms with E-state index in [2.05, 4.69) is 20.3 Å².